The molecular formula is C18H38OSi6. The van der Waals surface area contributed by atoms with E-state index in [4.69, 9.17) is 0 Å². The van der Waals surface area contributed by atoms with Crippen LogP contribution >= 0.6 is 0 Å². The van der Waals surface area contributed by atoms with Crippen molar-refractivity contribution in [1.82, 2.24) is 0 Å². The molecule has 0 bridgehead atoms. The molecule has 1 aromatic rings. The van der Waals surface area contributed by atoms with Gasteiger partial charge in [-0.3, -0.25) is 4.79 Å². The Hall–Kier alpha value is 0.191. The van der Waals surface area contributed by atoms with Crippen molar-refractivity contribution in [3.63, 3.8) is 0 Å². The zero-order valence-electron chi connectivity index (χ0n) is 18.3. The van der Waals surface area contributed by atoms with Gasteiger partial charge in [0.1, 0.15) is 6.29 Å². The van der Waals surface area contributed by atoms with Crippen molar-refractivity contribution in [3.05, 3.63) is 29.8 Å². The van der Waals surface area contributed by atoms with Gasteiger partial charge in [-0.1, -0.05) is 101 Å². The third kappa shape index (κ3) is 2.29. The molecule has 1 fully saturated rings. The van der Waals surface area contributed by atoms with Gasteiger partial charge in [0, 0.05) is 41.1 Å². The number of carbonyl (C=O) groups is 1. The van der Waals surface area contributed by atoms with Crippen molar-refractivity contribution in [3.8, 4) is 0 Å². The van der Waals surface area contributed by atoms with Gasteiger partial charge in [-0.05, 0) is 0 Å². The maximum atomic E-state index is 11.2. The Balaban J connectivity index is 2.88. The van der Waals surface area contributed by atoms with Crippen LogP contribution in [-0.4, -0.2) is 48.9 Å². The minimum Gasteiger partial charge on any atom is -0.298 e. The summed E-state index contributed by atoms with van der Waals surface area (Å²) in [4.78, 5) is 11.2. The lowest BCUT2D eigenvalue weighted by atomic mass is 10.2. The summed E-state index contributed by atoms with van der Waals surface area (Å²) in [5.74, 6) is 0. The zero-order chi connectivity index (χ0) is 19.7. The molecule has 0 spiro atoms. The normalized spacial score (nSPS) is 27.5. The Kier molecular flexibility index (Phi) is 5.02. The lowest BCUT2D eigenvalue weighted by molar-refractivity contribution is 0.112. The molecule has 1 aromatic carbocycles. The third-order valence-corrected chi connectivity index (χ3v) is 162. The molecule has 0 aromatic heterocycles. The van der Waals surface area contributed by atoms with Gasteiger partial charge in [0.15, 0.2) is 0 Å². The average molecular weight is 439 g/mol. The van der Waals surface area contributed by atoms with Gasteiger partial charge >= 0.3 is 0 Å². The van der Waals surface area contributed by atoms with E-state index in [0.717, 1.165) is 11.8 Å². The first-order chi connectivity index (χ1) is 11.0. The maximum absolute atomic E-state index is 11.2. The summed E-state index contributed by atoms with van der Waals surface area (Å²) in [6.45, 7) is 30.8. The van der Waals surface area contributed by atoms with Crippen molar-refractivity contribution < 1.29 is 4.79 Å². The van der Waals surface area contributed by atoms with E-state index in [1.165, 1.54) is 0 Å². The quantitative estimate of drug-likeness (QED) is 0.478. The van der Waals surface area contributed by atoms with E-state index < -0.39 is 42.7 Å². The van der Waals surface area contributed by atoms with Crippen LogP contribution in [0, 0.1) is 0 Å². The highest BCUT2D eigenvalue weighted by molar-refractivity contribution is 8.14. The zero-order valence-corrected chi connectivity index (χ0v) is 24.3. The number of aldehydes is 1. The van der Waals surface area contributed by atoms with Crippen LogP contribution in [0.1, 0.15) is 10.4 Å². The first kappa shape index (κ1) is 21.5. The summed E-state index contributed by atoms with van der Waals surface area (Å²) in [5, 5.41) is 1.69. The van der Waals surface area contributed by atoms with E-state index in [0.29, 0.717) is 0 Å². The number of benzene rings is 1. The number of hydrogen-bond donors (Lipinski definition) is 0. The summed E-state index contributed by atoms with van der Waals surface area (Å²) in [7, 11) is -7.91. The van der Waals surface area contributed by atoms with Gasteiger partial charge in [-0.2, -0.15) is 0 Å². The van der Waals surface area contributed by atoms with Crippen molar-refractivity contribution in [2.24, 2.45) is 0 Å². The van der Waals surface area contributed by atoms with Crippen molar-refractivity contribution >= 4 is 54.1 Å². The molecule has 0 N–H and O–H groups in total. The topological polar surface area (TPSA) is 17.1 Å². The van der Waals surface area contributed by atoms with Gasteiger partial charge in [-0.25, -0.2) is 0 Å². The molecule has 140 valence electrons. The molecule has 0 saturated carbocycles. The Morgan fingerprint density at radius 1 is 0.560 bits per heavy atom. The van der Waals surface area contributed by atoms with Crippen molar-refractivity contribution in [2.45, 2.75) is 72.0 Å². The van der Waals surface area contributed by atoms with Crippen LogP contribution in [0.5, 0.6) is 0 Å². The first-order valence-corrected chi connectivity index (χ1v) is 33.1. The predicted octanol–water partition coefficient (Wildman–Crippen LogP) is 4.81. The molecule has 1 aliphatic rings. The fourth-order valence-electron chi connectivity index (χ4n) is 5.99. The Morgan fingerprint density at radius 3 is 1.20 bits per heavy atom. The largest absolute Gasteiger partial charge is 0.298 e. The second kappa shape index (κ2) is 5.84. The second-order valence-corrected chi connectivity index (χ2v) is 82.6. The van der Waals surface area contributed by atoms with Crippen LogP contribution in [0.3, 0.4) is 0 Å². The standard InChI is InChI=1S/C18H38OSi6/c1-20(2)21(3,4)23(7,8)25(11,24(9,10)22(20,5)6)18-14-12-17(16-19)13-15-18/h12-16H,1-11H3. The van der Waals surface area contributed by atoms with E-state index in [1.807, 2.05) is 0 Å². The molecule has 1 nitrogen and oxygen atoms in total. The van der Waals surface area contributed by atoms with Gasteiger partial charge in [0.05, 0.1) is 7.11 Å². The van der Waals surface area contributed by atoms with Gasteiger partial charge < -0.3 is 0 Å². The molecule has 25 heavy (non-hydrogen) atoms. The van der Waals surface area contributed by atoms with Crippen LogP contribution in [0.15, 0.2) is 24.3 Å². The molecule has 0 radical (unpaired) electrons. The fourth-order valence-corrected chi connectivity index (χ4v) is 248. The van der Waals surface area contributed by atoms with Crippen LogP contribution in [0.4, 0.5) is 0 Å². The number of hydrogen-bond acceptors (Lipinski definition) is 1. The lowest BCUT2D eigenvalue weighted by Gasteiger charge is -2.73. The van der Waals surface area contributed by atoms with Crippen molar-refractivity contribution in [1.29, 1.82) is 0 Å². The molecule has 1 saturated heterocycles. The number of rotatable bonds is 2. The Bertz CT molecular complexity index is 658. The van der Waals surface area contributed by atoms with Gasteiger partial charge in [0.2, 0.25) is 0 Å². The minimum absolute atomic E-state index is 0.832. The van der Waals surface area contributed by atoms with Crippen molar-refractivity contribution in [2.75, 3.05) is 0 Å². The molecule has 0 unspecified atom stereocenters. The highest BCUT2D eigenvalue weighted by atomic mass is 30.2. The molecule has 0 atom stereocenters. The lowest BCUT2D eigenvalue weighted by Crippen LogP contribution is -3.03. The van der Waals surface area contributed by atoms with Crippen LogP contribution in [0.25, 0.3) is 0 Å². The monoisotopic (exact) mass is 438 g/mol. The summed E-state index contributed by atoms with van der Waals surface area (Å²) < 4.78 is 0. The molecule has 1 aliphatic heterocycles. The van der Waals surface area contributed by atoms with Crippen LogP contribution in [0.2, 0.25) is 72.0 Å². The predicted molar refractivity (Wildman–Crippen MR) is 130 cm³/mol. The third-order valence-electron chi connectivity index (χ3n) is 10.4. The highest BCUT2D eigenvalue weighted by Crippen LogP contribution is 2.51. The van der Waals surface area contributed by atoms with E-state index in [2.05, 4.69) is 96.3 Å². The average Bonchev–Trinajstić information content (AvgIpc) is 2.52. The van der Waals surface area contributed by atoms with Crippen LogP contribution < -0.4 is 5.19 Å². The molecular weight excluding hydrogens is 401 g/mol. The van der Waals surface area contributed by atoms with Gasteiger partial charge in [0.25, 0.3) is 0 Å². The second-order valence-electron chi connectivity index (χ2n) is 11.0. The molecule has 2 rings (SSSR count). The number of carbonyl (C=O) groups excluding carboxylic acids is 1. The highest BCUT2D eigenvalue weighted by Gasteiger charge is 2.77. The summed E-state index contributed by atoms with van der Waals surface area (Å²) in [6.07, 6.45) is 0.993. The summed E-state index contributed by atoms with van der Waals surface area (Å²) in [5.41, 5.74) is 0.832. The first-order valence-electron chi connectivity index (χ1n) is 9.60. The maximum Gasteiger partial charge on any atom is 0.150 e. The smallest absolute Gasteiger partial charge is 0.150 e. The summed E-state index contributed by atoms with van der Waals surface area (Å²) >= 11 is 0. The summed E-state index contributed by atoms with van der Waals surface area (Å²) in [6, 6.07) is 8.92. The van der Waals surface area contributed by atoms with E-state index >= 15 is 0 Å². The minimum atomic E-state index is -1.54. The molecule has 0 amide bonds. The van der Waals surface area contributed by atoms with E-state index in [1.54, 1.807) is 5.19 Å². The van der Waals surface area contributed by atoms with Gasteiger partial charge in [-0.15, -0.1) is 0 Å². The molecule has 7 heteroatoms. The van der Waals surface area contributed by atoms with Crippen LogP contribution in [-0.2, 0) is 0 Å². The van der Waals surface area contributed by atoms with E-state index in [9.17, 15) is 4.79 Å². The molecule has 0 aliphatic carbocycles. The fraction of sp³-hybridized carbons (Fsp3) is 0.611. The Morgan fingerprint density at radius 2 is 0.880 bits per heavy atom. The molecule has 1 heterocycles. The van der Waals surface area contributed by atoms with E-state index in [-0.39, 0.29) is 0 Å². The SMILES string of the molecule is C[Si]1(C)[Si](C)(C)[Si](C)(C)[Si](C)(c2ccc(C=O)cc2)[Si](C)(C)[Si]1(C)C. The Labute approximate surface area is 160 Å².